The summed E-state index contributed by atoms with van der Waals surface area (Å²) in [6.45, 7) is 5.65. The molecule has 0 aliphatic carbocycles. The second-order valence-corrected chi connectivity index (χ2v) is 10.2. The van der Waals surface area contributed by atoms with E-state index in [0.717, 1.165) is 10.9 Å². The number of nitrogens with one attached hydrogen (secondary N) is 1. The molecule has 0 fully saturated rings. The Hall–Kier alpha value is 0.240. The van der Waals surface area contributed by atoms with Crippen molar-refractivity contribution in [2.24, 2.45) is 0 Å². The summed E-state index contributed by atoms with van der Waals surface area (Å²) >= 11 is 7.30. The molecule has 0 bridgehead atoms. The van der Waals surface area contributed by atoms with Crippen LogP contribution in [-0.4, -0.2) is 16.6 Å². The molecule has 1 nitrogen and oxygen atoms in total. The predicted molar refractivity (Wildman–Crippen MR) is 137 cm³/mol. The summed E-state index contributed by atoms with van der Waals surface area (Å²) in [4.78, 5) is 0. The van der Waals surface area contributed by atoms with Gasteiger partial charge in [-0.25, -0.2) is 0 Å². The summed E-state index contributed by atoms with van der Waals surface area (Å²) in [6, 6.07) is 0. The number of hydrogen-bond acceptors (Lipinski definition) is 2. The lowest BCUT2D eigenvalue weighted by Gasteiger charge is -2.07. The molecule has 28 heavy (non-hydrogen) atoms. The zero-order chi connectivity index (χ0) is 20.5. The molecule has 3 heteroatoms. The van der Waals surface area contributed by atoms with E-state index in [9.17, 15) is 0 Å². The molecule has 0 rings (SSSR count). The van der Waals surface area contributed by atoms with Gasteiger partial charge in [-0.05, 0) is 12.8 Å². The highest BCUT2D eigenvalue weighted by Gasteiger charge is 1.98. The van der Waals surface area contributed by atoms with E-state index < -0.39 is 0 Å². The van der Waals surface area contributed by atoms with Crippen LogP contribution in [0.1, 0.15) is 142 Å². The Balaban J connectivity index is 3.13. The molecule has 0 heterocycles. The van der Waals surface area contributed by atoms with Crippen LogP contribution in [0.15, 0.2) is 0 Å². The molecule has 168 valence electrons. The Morgan fingerprint density at radius 2 is 0.893 bits per heavy atom. The summed E-state index contributed by atoms with van der Waals surface area (Å²) < 4.78 is 1.02. The average Bonchev–Trinajstić information content (AvgIpc) is 2.70. The lowest BCUT2D eigenvalue weighted by atomic mass is 10.1. The van der Waals surface area contributed by atoms with Crippen molar-refractivity contribution in [3.05, 3.63) is 0 Å². The number of unbranched alkanes of at least 4 members (excludes halogenated alkanes) is 18. The molecule has 0 radical (unpaired) electrons. The van der Waals surface area contributed by atoms with Gasteiger partial charge in [0.15, 0.2) is 0 Å². The maximum atomic E-state index is 5.45. The van der Waals surface area contributed by atoms with Crippen LogP contribution in [-0.2, 0) is 0 Å². The van der Waals surface area contributed by atoms with Crippen LogP contribution in [0.4, 0.5) is 0 Å². The van der Waals surface area contributed by atoms with Gasteiger partial charge >= 0.3 is 0 Å². The van der Waals surface area contributed by atoms with Crippen molar-refractivity contribution >= 4 is 28.3 Å². The van der Waals surface area contributed by atoms with Gasteiger partial charge in [0.05, 0.1) is 0 Å². The SMILES string of the molecule is CCCCCCCCCCCCNC(=S)SCCCCCCCCCCCC. The normalized spacial score (nSPS) is 11.1. The fourth-order valence-corrected chi connectivity index (χ4v) is 4.70. The van der Waals surface area contributed by atoms with Crippen LogP contribution >= 0.6 is 24.0 Å². The largest absolute Gasteiger partial charge is 0.371 e. The Kier molecular flexibility index (Phi) is 25.5. The van der Waals surface area contributed by atoms with Crippen LogP contribution in [0, 0.1) is 0 Å². The highest BCUT2D eigenvalue weighted by Crippen LogP contribution is 2.13. The summed E-state index contributed by atoms with van der Waals surface area (Å²) in [5.74, 6) is 1.19. The molecule has 0 spiro atoms. The lowest BCUT2D eigenvalue weighted by molar-refractivity contribution is 0.555. The van der Waals surface area contributed by atoms with Crippen LogP contribution in [0.5, 0.6) is 0 Å². The van der Waals surface area contributed by atoms with Gasteiger partial charge in [-0.3, -0.25) is 0 Å². The van der Waals surface area contributed by atoms with Gasteiger partial charge < -0.3 is 5.32 Å². The van der Waals surface area contributed by atoms with Crippen LogP contribution in [0.2, 0.25) is 0 Å². The molecule has 0 aromatic rings. The van der Waals surface area contributed by atoms with E-state index in [-0.39, 0.29) is 0 Å². The molecule has 0 unspecified atom stereocenters. The molecular formula is C25H51NS2. The van der Waals surface area contributed by atoms with E-state index in [2.05, 4.69) is 19.2 Å². The van der Waals surface area contributed by atoms with E-state index in [4.69, 9.17) is 12.2 Å². The first-order chi connectivity index (χ1) is 13.8. The monoisotopic (exact) mass is 429 g/mol. The summed E-state index contributed by atoms with van der Waals surface area (Å²) in [5.41, 5.74) is 0. The fraction of sp³-hybridized carbons (Fsp3) is 0.960. The van der Waals surface area contributed by atoms with Gasteiger partial charge in [-0.15, -0.1) is 0 Å². The summed E-state index contributed by atoms with van der Waals surface area (Å²) in [6.07, 6.45) is 28.1. The van der Waals surface area contributed by atoms with E-state index in [1.165, 1.54) is 134 Å². The van der Waals surface area contributed by atoms with Gasteiger partial charge in [0.25, 0.3) is 0 Å². The van der Waals surface area contributed by atoms with Gasteiger partial charge in [0.2, 0.25) is 0 Å². The van der Waals surface area contributed by atoms with Gasteiger partial charge in [-0.2, -0.15) is 0 Å². The van der Waals surface area contributed by atoms with Crippen molar-refractivity contribution < 1.29 is 0 Å². The second kappa shape index (κ2) is 25.3. The molecule has 0 aromatic heterocycles. The maximum Gasteiger partial charge on any atom is 0.133 e. The standard InChI is InChI=1S/C25H51NS2/c1-3-5-7-9-11-13-15-17-19-21-23-26-25(27)28-24-22-20-18-16-14-12-10-8-6-4-2/h3-24H2,1-2H3,(H,26,27). The molecule has 0 saturated heterocycles. The highest BCUT2D eigenvalue weighted by molar-refractivity contribution is 8.22. The first-order valence-corrected chi connectivity index (χ1v) is 14.1. The summed E-state index contributed by atoms with van der Waals surface area (Å²) in [7, 11) is 0. The van der Waals surface area contributed by atoms with Gasteiger partial charge in [0, 0.05) is 12.3 Å². The molecule has 0 atom stereocenters. The van der Waals surface area contributed by atoms with Crippen molar-refractivity contribution in [1.82, 2.24) is 5.32 Å². The molecular weight excluding hydrogens is 378 g/mol. The van der Waals surface area contributed by atoms with Crippen molar-refractivity contribution in [3.8, 4) is 0 Å². The smallest absolute Gasteiger partial charge is 0.133 e. The first-order valence-electron chi connectivity index (χ1n) is 12.7. The minimum atomic E-state index is 1.02. The minimum Gasteiger partial charge on any atom is -0.371 e. The molecule has 0 amide bonds. The Morgan fingerprint density at radius 1 is 0.536 bits per heavy atom. The van der Waals surface area contributed by atoms with Gasteiger partial charge in [-0.1, -0.05) is 153 Å². The minimum absolute atomic E-state index is 1.02. The molecule has 0 aliphatic rings. The third kappa shape index (κ3) is 24.3. The van der Waals surface area contributed by atoms with E-state index in [0.29, 0.717) is 0 Å². The van der Waals surface area contributed by atoms with E-state index >= 15 is 0 Å². The number of thiocarbonyl (C=S) groups is 1. The molecule has 0 saturated carbocycles. The number of hydrogen-bond donors (Lipinski definition) is 1. The van der Waals surface area contributed by atoms with Crippen molar-refractivity contribution in [2.45, 2.75) is 142 Å². The van der Waals surface area contributed by atoms with E-state index in [1.54, 1.807) is 0 Å². The van der Waals surface area contributed by atoms with E-state index in [1.807, 2.05) is 11.8 Å². The number of rotatable bonds is 22. The fourth-order valence-electron chi connectivity index (χ4n) is 3.61. The first kappa shape index (κ1) is 28.2. The Labute approximate surface area is 188 Å². The quantitative estimate of drug-likeness (QED) is 0.136. The number of thioether (sulfide) groups is 1. The van der Waals surface area contributed by atoms with Crippen molar-refractivity contribution in [1.29, 1.82) is 0 Å². The maximum absolute atomic E-state index is 5.45. The average molecular weight is 430 g/mol. The summed E-state index contributed by atoms with van der Waals surface area (Å²) in [5, 5.41) is 3.44. The third-order valence-electron chi connectivity index (χ3n) is 5.53. The second-order valence-electron chi connectivity index (χ2n) is 8.43. The topological polar surface area (TPSA) is 12.0 Å². The highest BCUT2D eigenvalue weighted by atomic mass is 32.2. The zero-order valence-electron chi connectivity index (χ0n) is 19.4. The van der Waals surface area contributed by atoms with Crippen LogP contribution in [0.25, 0.3) is 0 Å². The Morgan fingerprint density at radius 3 is 1.32 bits per heavy atom. The Bertz CT molecular complexity index is 279. The zero-order valence-corrected chi connectivity index (χ0v) is 21.0. The lowest BCUT2D eigenvalue weighted by Crippen LogP contribution is -2.19. The third-order valence-corrected chi connectivity index (χ3v) is 6.93. The van der Waals surface area contributed by atoms with Crippen molar-refractivity contribution in [2.75, 3.05) is 12.3 Å². The van der Waals surface area contributed by atoms with Crippen molar-refractivity contribution in [3.63, 3.8) is 0 Å². The predicted octanol–water partition coefficient (Wildman–Crippen LogP) is 9.44. The molecule has 0 aromatic carbocycles. The van der Waals surface area contributed by atoms with Crippen LogP contribution in [0.3, 0.4) is 0 Å². The van der Waals surface area contributed by atoms with Crippen LogP contribution < -0.4 is 5.32 Å². The molecule has 0 aliphatic heterocycles. The van der Waals surface area contributed by atoms with Gasteiger partial charge in [0.1, 0.15) is 4.32 Å². The molecule has 1 N–H and O–H groups in total.